The predicted molar refractivity (Wildman–Crippen MR) is 107 cm³/mol. The number of para-hydroxylation sites is 1. The van der Waals surface area contributed by atoms with E-state index in [1.165, 1.54) is 18.4 Å². The van der Waals surface area contributed by atoms with Gasteiger partial charge in [0.1, 0.15) is 0 Å². The smallest absolute Gasteiger partial charge is 0.181 e. The van der Waals surface area contributed by atoms with Crippen LogP contribution in [-0.2, 0) is 6.42 Å². The zero-order valence-electron chi connectivity index (χ0n) is 15.3. The molecule has 1 N–H and O–H groups in total. The number of carbonyl (C=O) groups is 1. The van der Waals surface area contributed by atoms with Crippen molar-refractivity contribution < 1.29 is 4.79 Å². The van der Waals surface area contributed by atoms with Gasteiger partial charge < -0.3 is 4.98 Å². The van der Waals surface area contributed by atoms with Crippen LogP contribution < -0.4 is 0 Å². The average Bonchev–Trinajstić information content (AvgIpc) is 3.12. The van der Waals surface area contributed by atoms with Crippen LogP contribution in [0.4, 0.5) is 0 Å². The number of nitrogens with zero attached hydrogens (tertiary/aromatic N) is 1. The Balaban J connectivity index is 1.39. The lowest BCUT2D eigenvalue weighted by Gasteiger charge is -2.35. The molecule has 1 fully saturated rings. The van der Waals surface area contributed by atoms with Gasteiger partial charge in [-0.2, -0.15) is 0 Å². The molecule has 0 unspecified atom stereocenters. The first-order valence-corrected chi connectivity index (χ1v) is 9.60. The summed E-state index contributed by atoms with van der Waals surface area (Å²) in [6, 6.07) is 18.7. The number of nitrogens with one attached hydrogen (secondary N) is 1. The normalized spacial score (nSPS) is 17.4. The highest BCUT2D eigenvalue weighted by Crippen LogP contribution is 2.25. The highest BCUT2D eigenvalue weighted by Gasteiger charge is 2.28. The summed E-state index contributed by atoms with van der Waals surface area (Å²) in [4.78, 5) is 18.6. The van der Waals surface area contributed by atoms with Gasteiger partial charge in [0.25, 0.3) is 0 Å². The summed E-state index contributed by atoms with van der Waals surface area (Å²) < 4.78 is 0. The first-order chi connectivity index (χ1) is 12.7. The molecule has 1 aliphatic rings. The fourth-order valence-corrected chi connectivity index (χ4v) is 4.16. The van der Waals surface area contributed by atoms with Crippen molar-refractivity contribution in [1.82, 2.24) is 9.88 Å². The highest BCUT2D eigenvalue weighted by atomic mass is 16.1. The van der Waals surface area contributed by atoms with Gasteiger partial charge in [-0.1, -0.05) is 48.5 Å². The molecule has 1 saturated heterocycles. The molecule has 0 spiro atoms. The molecular weight excluding hydrogens is 320 g/mol. The second-order valence-electron chi connectivity index (χ2n) is 7.46. The van der Waals surface area contributed by atoms with E-state index in [0.717, 1.165) is 41.9 Å². The monoisotopic (exact) mass is 346 g/mol. The topological polar surface area (TPSA) is 36.1 Å². The summed E-state index contributed by atoms with van der Waals surface area (Å²) >= 11 is 0. The van der Waals surface area contributed by atoms with Crippen molar-refractivity contribution in [2.24, 2.45) is 5.92 Å². The lowest BCUT2D eigenvalue weighted by molar-refractivity contribution is 0.0773. The van der Waals surface area contributed by atoms with Crippen molar-refractivity contribution in [2.75, 3.05) is 13.1 Å². The van der Waals surface area contributed by atoms with Crippen LogP contribution in [0.3, 0.4) is 0 Å². The number of H-pyrrole nitrogens is 1. The maximum absolute atomic E-state index is 13.0. The first-order valence-electron chi connectivity index (χ1n) is 9.60. The number of fused-ring (bicyclic) bond motifs is 1. The molecule has 0 radical (unpaired) electrons. The predicted octanol–water partition coefficient (Wildman–Crippen LogP) is 4.69. The van der Waals surface area contributed by atoms with Crippen molar-refractivity contribution in [3.05, 3.63) is 71.9 Å². The molecule has 3 aromatic rings. The molecule has 0 saturated carbocycles. The van der Waals surface area contributed by atoms with E-state index in [1.54, 1.807) is 0 Å². The number of hydrogen-bond donors (Lipinski definition) is 1. The number of aromatic nitrogens is 1. The van der Waals surface area contributed by atoms with Crippen LogP contribution in [0.25, 0.3) is 10.9 Å². The van der Waals surface area contributed by atoms with E-state index >= 15 is 0 Å². The standard InChI is InChI=1S/C23H26N2O/c1-17(23(26)21-16-24-22-10-6-5-9-20(21)22)25-13-11-19(12-14-25)15-18-7-3-2-4-8-18/h2-10,16-17,19,24H,11-15H2,1H3/t17-/m1/s1. The number of Topliss-reactive ketones (excluding diaryl/α,β-unsaturated/α-hetero) is 1. The molecule has 1 aliphatic heterocycles. The van der Waals surface area contributed by atoms with Gasteiger partial charge in [-0.15, -0.1) is 0 Å². The van der Waals surface area contributed by atoms with E-state index in [1.807, 2.05) is 30.5 Å². The third-order valence-corrected chi connectivity index (χ3v) is 5.80. The summed E-state index contributed by atoms with van der Waals surface area (Å²) in [5.74, 6) is 0.952. The Labute approximate surface area is 155 Å². The number of benzene rings is 2. The minimum absolute atomic E-state index is 0.0631. The largest absolute Gasteiger partial charge is 0.360 e. The van der Waals surface area contributed by atoms with Crippen molar-refractivity contribution in [1.29, 1.82) is 0 Å². The van der Waals surface area contributed by atoms with Gasteiger partial charge >= 0.3 is 0 Å². The van der Waals surface area contributed by atoms with Crippen LogP contribution in [0.1, 0.15) is 35.7 Å². The molecule has 0 aliphatic carbocycles. The molecule has 26 heavy (non-hydrogen) atoms. The van der Waals surface area contributed by atoms with E-state index in [-0.39, 0.29) is 11.8 Å². The number of ketones is 1. The summed E-state index contributed by atoms with van der Waals surface area (Å²) in [5.41, 5.74) is 3.28. The van der Waals surface area contributed by atoms with E-state index in [0.29, 0.717) is 0 Å². The number of carbonyl (C=O) groups excluding carboxylic acids is 1. The van der Waals surface area contributed by atoms with E-state index < -0.39 is 0 Å². The van der Waals surface area contributed by atoms with Crippen LogP contribution in [0.2, 0.25) is 0 Å². The SMILES string of the molecule is C[C@H](C(=O)c1c[nH]c2ccccc12)N1CCC(Cc2ccccc2)CC1. The van der Waals surface area contributed by atoms with E-state index in [2.05, 4.69) is 47.1 Å². The lowest BCUT2D eigenvalue weighted by Crippen LogP contribution is -2.44. The van der Waals surface area contributed by atoms with Crippen LogP contribution in [0.15, 0.2) is 60.8 Å². The van der Waals surface area contributed by atoms with Crippen LogP contribution in [-0.4, -0.2) is 34.8 Å². The van der Waals surface area contributed by atoms with Gasteiger partial charge in [0.2, 0.25) is 0 Å². The van der Waals surface area contributed by atoms with E-state index in [4.69, 9.17) is 0 Å². The summed E-state index contributed by atoms with van der Waals surface area (Å²) in [5, 5.41) is 1.03. The minimum atomic E-state index is -0.0631. The maximum Gasteiger partial charge on any atom is 0.181 e. The quantitative estimate of drug-likeness (QED) is 0.680. The van der Waals surface area contributed by atoms with Crippen LogP contribution in [0.5, 0.6) is 0 Å². The van der Waals surface area contributed by atoms with Crippen LogP contribution in [0, 0.1) is 5.92 Å². The summed E-state index contributed by atoms with van der Waals surface area (Å²) in [6.07, 6.45) is 5.35. The molecule has 2 aromatic carbocycles. The fraction of sp³-hybridized carbons (Fsp3) is 0.348. The molecule has 2 heterocycles. The number of aromatic amines is 1. The molecule has 1 aromatic heterocycles. The summed E-state index contributed by atoms with van der Waals surface area (Å²) in [7, 11) is 0. The average molecular weight is 346 g/mol. The van der Waals surface area contributed by atoms with Crippen LogP contribution >= 0.6 is 0 Å². The van der Waals surface area contributed by atoms with Crippen molar-refractivity contribution in [3.8, 4) is 0 Å². The van der Waals surface area contributed by atoms with Gasteiger partial charge in [-0.3, -0.25) is 9.69 Å². The Kier molecular flexibility index (Phi) is 4.89. The number of likely N-dealkylation sites (tertiary alicyclic amines) is 1. The second kappa shape index (κ2) is 7.46. The van der Waals surface area contributed by atoms with Gasteiger partial charge in [0.15, 0.2) is 5.78 Å². The Hall–Kier alpha value is -2.39. The zero-order chi connectivity index (χ0) is 17.9. The molecule has 4 rings (SSSR count). The first kappa shape index (κ1) is 17.0. The third kappa shape index (κ3) is 3.45. The fourth-order valence-electron chi connectivity index (χ4n) is 4.16. The van der Waals surface area contributed by atoms with Crippen molar-refractivity contribution >= 4 is 16.7 Å². The van der Waals surface area contributed by atoms with Gasteiger partial charge in [0.05, 0.1) is 6.04 Å². The Morgan fingerprint density at radius 3 is 2.54 bits per heavy atom. The molecule has 0 amide bonds. The van der Waals surface area contributed by atoms with Gasteiger partial charge in [-0.25, -0.2) is 0 Å². The zero-order valence-corrected chi connectivity index (χ0v) is 15.3. The highest BCUT2D eigenvalue weighted by molar-refractivity contribution is 6.10. The third-order valence-electron chi connectivity index (χ3n) is 5.80. The Morgan fingerprint density at radius 1 is 1.08 bits per heavy atom. The minimum Gasteiger partial charge on any atom is -0.360 e. The molecule has 0 bridgehead atoms. The lowest BCUT2D eigenvalue weighted by atomic mass is 9.89. The molecule has 1 atom stereocenters. The molecular formula is C23H26N2O. The second-order valence-corrected chi connectivity index (χ2v) is 7.46. The molecule has 3 nitrogen and oxygen atoms in total. The van der Waals surface area contributed by atoms with Gasteiger partial charge in [0, 0.05) is 22.7 Å². The Morgan fingerprint density at radius 2 is 1.77 bits per heavy atom. The Bertz CT molecular complexity index is 875. The van der Waals surface area contributed by atoms with Crippen molar-refractivity contribution in [3.63, 3.8) is 0 Å². The molecule has 134 valence electrons. The molecule has 3 heteroatoms. The number of rotatable bonds is 5. The number of hydrogen-bond acceptors (Lipinski definition) is 2. The maximum atomic E-state index is 13.0. The number of piperidine rings is 1. The summed E-state index contributed by atoms with van der Waals surface area (Å²) in [6.45, 7) is 4.07. The van der Waals surface area contributed by atoms with Crippen molar-refractivity contribution in [2.45, 2.75) is 32.2 Å². The van der Waals surface area contributed by atoms with Gasteiger partial charge in [-0.05, 0) is 56.8 Å². The van der Waals surface area contributed by atoms with E-state index in [9.17, 15) is 4.79 Å².